The van der Waals surface area contributed by atoms with Crippen LogP contribution in [0.2, 0.25) is 0 Å². The van der Waals surface area contributed by atoms with Gasteiger partial charge in [0.2, 0.25) is 5.91 Å². The number of ether oxygens (including phenoxy) is 2. The molecule has 1 aromatic rings. The Labute approximate surface area is 191 Å². The first-order chi connectivity index (χ1) is 13.5. The molecule has 8 nitrogen and oxygen atoms in total. The molecule has 29 heavy (non-hydrogen) atoms. The van der Waals surface area contributed by atoms with E-state index < -0.39 is 0 Å². The average molecular weight is 519 g/mol. The SMILES string of the molecule is COc1cc(C)ccc1CN=C(NCCN1CCOCC1)NCC(=O)N(C)C.I. The van der Waals surface area contributed by atoms with Crippen LogP contribution in [0.5, 0.6) is 5.75 Å². The Morgan fingerprint density at radius 1 is 1.28 bits per heavy atom. The molecule has 0 aliphatic carbocycles. The van der Waals surface area contributed by atoms with E-state index in [0.717, 1.165) is 56.3 Å². The molecule has 0 bridgehead atoms. The molecule has 164 valence electrons. The number of nitrogens with zero attached hydrogens (tertiary/aromatic N) is 3. The van der Waals surface area contributed by atoms with Gasteiger partial charge in [0.15, 0.2) is 5.96 Å². The number of morpholine rings is 1. The number of halogens is 1. The summed E-state index contributed by atoms with van der Waals surface area (Å²) in [6.07, 6.45) is 0. The minimum atomic E-state index is -0.00408. The fraction of sp³-hybridized carbons (Fsp3) is 0.600. The van der Waals surface area contributed by atoms with E-state index >= 15 is 0 Å². The number of aliphatic imine (C=N–C) groups is 1. The van der Waals surface area contributed by atoms with E-state index in [1.54, 1.807) is 26.1 Å². The van der Waals surface area contributed by atoms with Gasteiger partial charge in [0.25, 0.3) is 0 Å². The van der Waals surface area contributed by atoms with Gasteiger partial charge in [-0.05, 0) is 18.6 Å². The van der Waals surface area contributed by atoms with Crippen LogP contribution in [0, 0.1) is 6.92 Å². The molecule has 0 atom stereocenters. The number of amides is 1. The molecule has 0 radical (unpaired) electrons. The molecular weight excluding hydrogens is 485 g/mol. The Hall–Kier alpha value is -1.59. The van der Waals surface area contributed by atoms with E-state index in [2.05, 4.69) is 20.5 Å². The molecule has 9 heteroatoms. The molecule has 1 aromatic carbocycles. The third kappa shape index (κ3) is 9.18. The number of carbonyl (C=O) groups is 1. The van der Waals surface area contributed by atoms with E-state index in [0.29, 0.717) is 12.5 Å². The molecule has 0 saturated carbocycles. The van der Waals surface area contributed by atoms with Crippen LogP contribution in [-0.2, 0) is 16.1 Å². The number of likely N-dealkylation sites (N-methyl/N-ethyl adjacent to an activating group) is 1. The van der Waals surface area contributed by atoms with E-state index in [9.17, 15) is 4.79 Å². The monoisotopic (exact) mass is 519 g/mol. The van der Waals surface area contributed by atoms with Gasteiger partial charge in [0.05, 0.1) is 33.4 Å². The van der Waals surface area contributed by atoms with Crippen LogP contribution < -0.4 is 15.4 Å². The van der Waals surface area contributed by atoms with Gasteiger partial charge in [-0.2, -0.15) is 0 Å². The third-order valence-corrected chi connectivity index (χ3v) is 4.58. The van der Waals surface area contributed by atoms with Crippen LogP contribution in [0.1, 0.15) is 11.1 Å². The smallest absolute Gasteiger partial charge is 0.241 e. The van der Waals surface area contributed by atoms with Gasteiger partial charge >= 0.3 is 0 Å². The maximum atomic E-state index is 11.9. The standard InChI is InChI=1S/C20H33N5O3.HI/c1-16-5-6-17(18(13-16)27-4)14-22-20(23-15-19(26)24(2)3)21-7-8-25-9-11-28-12-10-25;/h5-6,13H,7-12,14-15H2,1-4H3,(H2,21,22,23);1H. The van der Waals surface area contributed by atoms with Crippen LogP contribution in [0.15, 0.2) is 23.2 Å². The second-order valence-corrected chi connectivity index (χ2v) is 7.00. The lowest BCUT2D eigenvalue weighted by atomic mass is 10.1. The highest BCUT2D eigenvalue weighted by Gasteiger charge is 2.11. The topological polar surface area (TPSA) is 78.4 Å². The van der Waals surface area contributed by atoms with Crippen LogP contribution in [-0.4, -0.2) is 88.8 Å². The first-order valence-corrected chi connectivity index (χ1v) is 9.65. The van der Waals surface area contributed by atoms with Gasteiger partial charge in [-0.15, -0.1) is 24.0 Å². The van der Waals surface area contributed by atoms with Crippen molar-refractivity contribution in [3.8, 4) is 5.75 Å². The van der Waals surface area contributed by atoms with Crippen LogP contribution in [0.3, 0.4) is 0 Å². The summed E-state index contributed by atoms with van der Waals surface area (Å²) < 4.78 is 10.8. The van der Waals surface area contributed by atoms with Gasteiger partial charge in [-0.1, -0.05) is 12.1 Å². The van der Waals surface area contributed by atoms with Crippen molar-refractivity contribution in [2.75, 3.05) is 67.1 Å². The average Bonchev–Trinajstić information content (AvgIpc) is 2.70. The van der Waals surface area contributed by atoms with Crippen molar-refractivity contribution < 1.29 is 14.3 Å². The third-order valence-electron chi connectivity index (χ3n) is 4.58. The fourth-order valence-corrected chi connectivity index (χ4v) is 2.80. The number of benzene rings is 1. The number of hydrogen-bond donors (Lipinski definition) is 2. The summed E-state index contributed by atoms with van der Waals surface area (Å²) in [4.78, 5) is 20.5. The normalized spacial score (nSPS) is 14.7. The Balaban J connectivity index is 0.00000420. The highest BCUT2D eigenvalue weighted by atomic mass is 127. The summed E-state index contributed by atoms with van der Waals surface area (Å²) in [5, 5.41) is 6.45. The number of methoxy groups -OCH3 is 1. The second kappa shape index (κ2) is 13.6. The number of nitrogens with one attached hydrogen (secondary N) is 2. The number of aryl methyl sites for hydroxylation is 1. The quantitative estimate of drug-likeness (QED) is 0.304. The molecule has 1 fully saturated rings. The summed E-state index contributed by atoms with van der Waals surface area (Å²) in [5.74, 6) is 1.43. The van der Waals surface area contributed by atoms with E-state index in [1.165, 1.54) is 0 Å². The summed E-state index contributed by atoms with van der Waals surface area (Å²) >= 11 is 0. The molecule has 1 amide bonds. The summed E-state index contributed by atoms with van der Waals surface area (Å²) in [6, 6.07) is 6.06. The highest BCUT2D eigenvalue weighted by molar-refractivity contribution is 14.0. The molecule has 1 aliphatic heterocycles. The molecule has 2 rings (SSSR count). The van der Waals surface area contributed by atoms with Crippen LogP contribution >= 0.6 is 24.0 Å². The predicted molar refractivity (Wildman–Crippen MR) is 126 cm³/mol. The Morgan fingerprint density at radius 3 is 2.66 bits per heavy atom. The molecule has 1 aliphatic rings. The van der Waals surface area contributed by atoms with Gasteiger partial charge in [0.1, 0.15) is 5.75 Å². The number of carbonyl (C=O) groups excluding carboxylic acids is 1. The van der Waals surface area contributed by atoms with Crippen molar-refractivity contribution in [2.45, 2.75) is 13.5 Å². The predicted octanol–water partition coefficient (Wildman–Crippen LogP) is 1.08. The summed E-state index contributed by atoms with van der Waals surface area (Å²) in [5.41, 5.74) is 2.14. The van der Waals surface area contributed by atoms with Crippen molar-refractivity contribution in [2.24, 2.45) is 4.99 Å². The molecule has 2 N–H and O–H groups in total. The molecular formula is C20H34IN5O3. The zero-order chi connectivity index (χ0) is 20.4. The maximum absolute atomic E-state index is 11.9. The van der Waals surface area contributed by atoms with E-state index in [4.69, 9.17) is 9.47 Å². The lowest BCUT2D eigenvalue weighted by molar-refractivity contribution is -0.127. The van der Waals surface area contributed by atoms with Gasteiger partial charge < -0.3 is 25.0 Å². The second-order valence-electron chi connectivity index (χ2n) is 7.00. The lowest BCUT2D eigenvalue weighted by Crippen LogP contribution is -2.46. The molecule has 1 saturated heterocycles. The van der Waals surface area contributed by atoms with Crippen molar-refractivity contribution in [1.82, 2.24) is 20.4 Å². The molecule has 0 aromatic heterocycles. The minimum absolute atomic E-state index is 0. The minimum Gasteiger partial charge on any atom is -0.496 e. The highest BCUT2D eigenvalue weighted by Crippen LogP contribution is 2.20. The van der Waals surface area contributed by atoms with Crippen molar-refractivity contribution >= 4 is 35.8 Å². The molecule has 0 spiro atoms. The van der Waals surface area contributed by atoms with E-state index in [-0.39, 0.29) is 36.4 Å². The lowest BCUT2D eigenvalue weighted by Gasteiger charge is -2.26. The first-order valence-electron chi connectivity index (χ1n) is 9.65. The number of hydrogen-bond acceptors (Lipinski definition) is 5. The van der Waals surface area contributed by atoms with E-state index in [1.807, 2.05) is 25.1 Å². The van der Waals surface area contributed by atoms with Gasteiger partial charge in [0, 0.05) is 45.8 Å². The van der Waals surface area contributed by atoms with Crippen molar-refractivity contribution in [3.05, 3.63) is 29.3 Å². The maximum Gasteiger partial charge on any atom is 0.241 e. The first kappa shape index (κ1) is 25.4. The molecule has 0 unspecified atom stereocenters. The zero-order valence-corrected chi connectivity index (χ0v) is 20.2. The number of guanidine groups is 1. The number of rotatable bonds is 8. The largest absolute Gasteiger partial charge is 0.496 e. The Morgan fingerprint density at radius 2 is 2.00 bits per heavy atom. The van der Waals surface area contributed by atoms with Gasteiger partial charge in [-0.25, -0.2) is 4.99 Å². The molecule has 1 heterocycles. The Kier molecular flexibility index (Phi) is 11.9. The van der Waals surface area contributed by atoms with Gasteiger partial charge in [-0.3, -0.25) is 9.69 Å². The van der Waals surface area contributed by atoms with Crippen LogP contribution in [0.4, 0.5) is 0 Å². The van der Waals surface area contributed by atoms with Crippen molar-refractivity contribution in [1.29, 1.82) is 0 Å². The zero-order valence-electron chi connectivity index (χ0n) is 17.9. The fourth-order valence-electron chi connectivity index (χ4n) is 2.80. The van der Waals surface area contributed by atoms with Crippen LogP contribution in [0.25, 0.3) is 0 Å². The van der Waals surface area contributed by atoms with Crippen molar-refractivity contribution in [3.63, 3.8) is 0 Å². The summed E-state index contributed by atoms with van der Waals surface area (Å²) in [7, 11) is 5.14. The summed E-state index contributed by atoms with van der Waals surface area (Å²) in [6.45, 7) is 7.79. The Bertz CT molecular complexity index is 664.